The fraction of sp³-hybridized carbons (Fsp3) is 0.632. The molecule has 138 valence electrons. The Bertz CT molecular complexity index is 616. The van der Waals surface area contributed by atoms with Crippen molar-refractivity contribution >= 4 is 17.3 Å². The first kappa shape index (κ1) is 19.4. The Hall–Kier alpha value is -1.95. The number of carbonyl (C=O) groups is 1. The highest BCUT2D eigenvalue weighted by atomic mass is 16.6. The Morgan fingerprint density at radius 1 is 1.32 bits per heavy atom. The molecule has 0 heterocycles. The zero-order valence-corrected chi connectivity index (χ0v) is 15.4. The fourth-order valence-electron chi connectivity index (χ4n) is 3.75. The van der Waals surface area contributed by atoms with E-state index in [1.807, 2.05) is 0 Å². The number of amides is 1. The molecule has 0 spiro atoms. The standard InChI is InChI=1S/C19H29N3O3/c1-13(2)15-7-4-5-8-17(15)20-12-11-19(23)21-16-9-6-10-18(14(16)3)22(24)25/h6,9-10,13,15,17,20H,4-5,7-8,11-12H2,1-3H3,(H,21,23)/t15-,17+/m1/s1. The molecule has 0 radical (unpaired) electrons. The maximum Gasteiger partial charge on any atom is 0.274 e. The zero-order valence-electron chi connectivity index (χ0n) is 15.4. The Morgan fingerprint density at radius 2 is 2.04 bits per heavy atom. The van der Waals surface area contributed by atoms with E-state index in [-0.39, 0.29) is 11.6 Å². The molecule has 2 rings (SSSR count). The second-order valence-corrected chi connectivity index (χ2v) is 7.26. The van der Waals surface area contributed by atoms with Gasteiger partial charge in [-0.3, -0.25) is 14.9 Å². The van der Waals surface area contributed by atoms with Crippen LogP contribution < -0.4 is 10.6 Å². The minimum atomic E-state index is -0.429. The van der Waals surface area contributed by atoms with Crippen LogP contribution in [0.3, 0.4) is 0 Å². The molecule has 1 aromatic carbocycles. The third-order valence-electron chi connectivity index (χ3n) is 5.21. The Labute approximate surface area is 149 Å². The van der Waals surface area contributed by atoms with Crippen LogP contribution in [0.2, 0.25) is 0 Å². The van der Waals surface area contributed by atoms with E-state index in [0.29, 0.717) is 42.1 Å². The smallest absolute Gasteiger partial charge is 0.274 e. The SMILES string of the molecule is Cc1c(NC(=O)CCN[C@H]2CCCC[C@@H]2C(C)C)cccc1[N+](=O)[O-]. The van der Waals surface area contributed by atoms with E-state index in [0.717, 1.165) is 0 Å². The number of hydrogen-bond acceptors (Lipinski definition) is 4. The predicted molar refractivity (Wildman–Crippen MR) is 99.7 cm³/mol. The number of nitrogens with zero attached hydrogens (tertiary/aromatic N) is 1. The van der Waals surface area contributed by atoms with E-state index in [1.54, 1.807) is 19.1 Å². The van der Waals surface area contributed by atoms with Crippen molar-refractivity contribution in [3.63, 3.8) is 0 Å². The highest BCUT2D eigenvalue weighted by Crippen LogP contribution is 2.30. The van der Waals surface area contributed by atoms with Crippen LogP contribution in [0, 0.1) is 28.9 Å². The number of hydrogen-bond donors (Lipinski definition) is 2. The van der Waals surface area contributed by atoms with Crippen molar-refractivity contribution in [3.8, 4) is 0 Å². The highest BCUT2D eigenvalue weighted by Gasteiger charge is 2.27. The number of benzene rings is 1. The molecule has 0 aliphatic heterocycles. The van der Waals surface area contributed by atoms with E-state index in [4.69, 9.17) is 0 Å². The van der Waals surface area contributed by atoms with Gasteiger partial charge in [-0.05, 0) is 37.7 Å². The summed E-state index contributed by atoms with van der Waals surface area (Å²) in [5.74, 6) is 1.21. The molecule has 0 unspecified atom stereocenters. The van der Waals surface area contributed by atoms with Crippen LogP contribution in [0.25, 0.3) is 0 Å². The molecule has 2 atom stereocenters. The van der Waals surface area contributed by atoms with E-state index < -0.39 is 4.92 Å². The molecule has 2 N–H and O–H groups in total. The summed E-state index contributed by atoms with van der Waals surface area (Å²) in [7, 11) is 0. The molecule has 6 nitrogen and oxygen atoms in total. The summed E-state index contributed by atoms with van der Waals surface area (Å²) in [6, 6.07) is 5.22. The summed E-state index contributed by atoms with van der Waals surface area (Å²) in [6.07, 6.45) is 5.35. The Morgan fingerprint density at radius 3 is 2.72 bits per heavy atom. The van der Waals surface area contributed by atoms with Gasteiger partial charge in [0, 0.05) is 25.1 Å². The summed E-state index contributed by atoms with van der Waals surface area (Å²) in [5.41, 5.74) is 1.02. The molecule has 0 bridgehead atoms. The van der Waals surface area contributed by atoms with Gasteiger partial charge in [-0.1, -0.05) is 32.8 Å². The monoisotopic (exact) mass is 347 g/mol. The molecule has 1 amide bonds. The number of nitro benzene ring substituents is 1. The molecule has 1 aromatic rings. The summed E-state index contributed by atoms with van der Waals surface area (Å²) in [5, 5.41) is 17.3. The summed E-state index contributed by atoms with van der Waals surface area (Å²) >= 11 is 0. The van der Waals surface area contributed by atoms with Gasteiger partial charge < -0.3 is 10.6 Å². The van der Waals surface area contributed by atoms with Crippen molar-refractivity contribution in [2.75, 3.05) is 11.9 Å². The van der Waals surface area contributed by atoms with Gasteiger partial charge in [0.2, 0.25) is 5.91 Å². The largest absolute Gasteiger partial charge is 0.326 e. The number of nitrogens with one attached hydrogen (secondary N) is 2. The number of carbonyl (C=O) groups excluding carboxylic acids is 1. The van der Waals surface area contributed by atoms with E-state index >= 15 is 0 Å². The lowest BCUT2D eigenvalue weighted by Crippen LogP contribution is -2.41. The second-order valence-electron chi connectivity index (χ2n) is 7.26. The molecule has 25 heavy (non-hydrogen) atoms. The van der Waals surface area contributed by atoms with Gasteiger partial charge in [0.1, 0.15) is 0 Å². The van der Waals surface area contributed by atoms with Gasteiger partial charge in [-0.2, -0.15) is 0 Å². The summed E-state index contributed by atoms with van der Waals surface area (Å²) in [6.45, 7) is 6.82. The predicted octanol–water partition coefficient (Wildman–Crippen LogP) is 4.04. The van der Waals surface area contributed by atoms with E-state index in [2.05, 4.69) is 24.5 Å². The number of rotatable bonds is 7. The molecular weight excluding hydrogens is 318 g/mol. The van der Waals surface area contributed by atoms with Crippen LogP contribution >= 0.6 is 0 Å². The lowest BCUT2D eigenvalue weighted by atomic mass is 9.78. The van der Waals surface area contributed by atoms with Crippen LogP contribution in [0.4, 0.5) is 11.4 Å². The summed E-state index contributed by atoms with van der Waals surface area (Å²) in [4.78, 5) is 22.7. The topological polar surface area (TPSA) is 84.3 Å². The van der Waals surface area contributed by atoms with E-state index in [1.165, 1.54) is 31.7 Å². The normalized spacial score (nSPS) is 20.5. The molecule has 6 heteroatoms. The van der Waals surface area contributed by atoms with Crippen molar-refractivity contribution in [2.24, 2.45) is 11.8 Å². The molecule has 1 saturated carbocycles. The fourth-order valence-corrected chi connectivity index (χ4v) is 3.75. The number of anilines is 1. The van der Waals surface area contributed by atoms with Crippen LogP contribution in [-0.2, 0) is 4.79 Å². The van der Waals surface area contributed by atoms with Crippen LogP contribution in [-0.4, -0.2) is 23.4 Å². The average Bonchev–Trinajstić information content (AvgIpc) is 2.56. The molecule has 0 saturated heterocycles. The maximum absolute atomic E-state index is 12.2. The van der Waals surface area contributed by atoms with Gasteiger partial charge in [0.25, 0.3) is 5.69 Å². The minimum absolute atomic E-state index is 0.0258. The first-order valence-electron chi connectivity index (χ1n) is 9.17. The van der Waals surface area contributed by atoms with Crippen molar-refractivity contribution in [3.05, 3.63) is 33.9 Å². The van der Waals surface area contributed by atoms with Crippen LogP contribution in [0.15, 0.2) is 18.2 Å². The third kappa shape index (κ3) is 5.26. The Balaban J connectivity index is 1.85. The van der Waals surface area contributed by atoms with Crippen LogP contribution in [0.5, 0.6) is 0 Å². The van der Waals surface area contributed by atoms with Gasteiger partial charge in [-0.15, -0.1) is 0 Å². The first-order valence-corrected chi connectivity index (χ1v) is 9.17. The first-order chi connectivity index (χ1) is 11.9. The van der Waals surface area contributed by atoms with Gasteiger partial charge in [0.05, 0.1) is 16.2 Å². The van der Waals surface area contributed by atoms with Crippen molar-refractivity contribution in [1.29, 1.82) is 0 Å². The average molecular weight is 347 g/mol. The quantitative estimate of drug-likeness (QED) is 0.576. The van der Waals surface area contributed by atoms with Gasteiger partial charge in [0.15, 0.2) is 0 Å². The van der Waals surface area contributed by atoms with Gasteiger partial charge >= 0.3 is 0 Å². The molecule has 1 fully saturated rings. The molecule has 0 aromatic heterocycles. The Kier molecular flexibility index (Phi) is 6.93. The second kappa shape index (κ2) is 8.94. The number of nitro groups is 1. The molecule has 1 aliphatic rings. The molecule has 1 aliphatic carbocycles. The summed E-state index contributed by atoms with van der Waals surface area (Å²) < 4.78 is 0. The van der Waals surface area contributed by atoms with Crippen molar-refractivity contribution in [1.82, 2.24) is 5.32 Å². The maximum atomic E-state index is 12.2. The third-order valence-corrected chi connectivity index (χ3v) is 5.21. The van der Waals surface area contributed by atoms with E-state index in [9.17, 15) is 14.9 Å². The van der Waals surface area contributed by atoms with Crippen molar-refractivity contribution < 1.29 is 9.72 Å². The lowest BCUT2D eigenvalue weighted by Gasteiger charge is -2.35. The van der Waals surface area contributed by atoms with Crippen molar-refractivity contribution in [2.45, 2.75) is 58.9 Å². The van der Waals surface area contributed by atoms with Crippen LogP contribution in [0.1, 0.15) is 51.5 Å². The minimum Gasteiger partial charge on any atom is -0.326 e. The highest BCUT2D eigenvalue weighted by molar-refractivity contribution is 5.92. The lowest BCUT2D eigenvalue weighted by molar-refractivity contribution is -0.385. The zero-order chi connectivity index (χ0) is 18.4. The molecular formula is C19H29N3O3. The van der Waals surface area contributed by atoms with Gasteiger partial charge in [-0.25, -0.2) is 0 Å².